The van der Waals surface area contributed by atoms with Crippen LogP contribution in [0.4, 0.5) is 0 Å². The standard InChI is InChI=1S/C23H31N3O3S.ClH/c1-30-13-11-21(23(28)29)25-22(27)16-26(15-19-9-5-12-24-19)14-18-8-4-7-17-6-2-3-10-20(17)18;/h2-4,6-8,10,19,21,24H,5,9,11-16H2,1H3,(H,25,27)(H,28,29);1H/t19-,21-;/m0./s1. The van der Waals surface area contributed by atoms with E-state index < -0.39 is 12.0 Å². The summed E-state index contributed by atoms with van der Waals surface area (Å²) in [6, 6.07) is 14.0. The molecule has 1 aliphatic rings. The van der Waals surface area contributed by atoms with Crippen LogP contribution in [-0.2, 0) is 16.1 Å². The molecule has 0 aromatic heterocycles. The maximum atomic E-state index is 12.7. The minimum absolute atomic E-state index is 0. The first-order valence-electron chi connectivity index (χ1n) is 10.5. The van der Waals surface area contributed by atoms with Crippen molar-refractivity contribution in [3.8, 4) is 0 Å². The second-order valence-corrected chi connectivity index (χ2v) is 8.83. The molecule has 0 saturated carbocycles. The number of nitrogens with one attached hydrogen (secondary N) is 2. The highest BCUT2D eigenvalue weighted by molar-refractivity contribution is 7.98. The van der Waals surface area contributed by atoms with Gasteiger partial charge in [-0.25, -0.2) is 4.79 Å². The lowest BCUT2D eigenvalue weighted by Gasteiger charge is -2.26. The monoisotopic (exact) mass is 465 g/mol. The molecule has 0 aliphatic carbocycles. The fraction of sp³-hybridized carbons (Fsp3) is 0.478. The molecular formula is C23H32ClN3O3S. The highest BCUT2D eigenvalue weighted by Gasteiger charge is 2.23. The second-order valence-electron chi connectivity index (χ2n) is 7.84. The van der Waals surface area contributed by atoms with E-state index in [-0.39, 0.29) is 24.9 Å². The lowest BCUT2D eigenvalue weighted by atomic mass is 10.0. The van der Waals surface area contributed by atoms with Crippen molar-refractivity contribution in [1.29, 1.82) is 0 Å². The Morgan fingerprint density at radius 1 is 1.26 bits per heavy atom. The van der Waals surface area contributed by atoms with E-state index in [0.29, 0.717) is 24.8 Å². The van der Waals surface area contributed by atoms with Gasteiger partial charge in [0.1, 0.15) is 6.04 Å². The third-order valence-electron chi connectivity index (χ3n) is 5.53. The molecule has 2 aromatic carbocycles. The zero-order chi connectivity index (χ0) is 21.3. The van der Waals surface area contributed by atoms with E-state index in [1.165, 1.54) is 16.3 Å². The average molecular weight is 466 g/mol. The number of carbonyl (C=O) groups excluding carboxylic acids is 1. The van der Waals surface area contributed by atoms with Gasteiger partial charge in [0.2, 0.25) is 5.91 Å². The van der Waals surface area contributed by atoms with Gasteiger partial charge < -0.3 is 15.7 Å². The molecule has 3 N–H and O–H groups in total. The number of fused-ring (bicyclic) bond motifs is 1. The molecular weight excluding hydrogens is 434 g/mol. The van der Waals surface area contributed by atoms with Crippen molar-refractivity contribution < 1.29 is 14.7 Å². The molecule has 1 amide bonds. The maximum absolute atomic E-state index is 12.7. The van der Waals surface area contributed by atoms with Crippen molar-refractivity contribution in [3.63, 3.8) is 0 Å². The molecule has 0 unspecified atom stereocenters. The van der Waals surface area contributed by atoms with Gasteiger partial charge >= 0.3 is 5.97 Å². The molecule has 31 heavy (non-hydrogen) atoms. The zero-order valence-corrected chi connectivity index (χ0v) is 19.5. The van der Waals surface area contributed by atoms with Gasteiger partial charge in [0.25, 0.3) is 0 Å². The third-order valence-corrected chi connectivity index (χ3v) is 6.17. The summed E-state index contributed by atoms with van der Waals surface area (Å²) in [6.07, 6.45) is 4.60. The van der Waals surface area contributed by atoms with Crippen molar-refractivity contribution in [2.24, 2.45) is 0 Å². The first-order valence-corrected chi connectivity index (χ1v) is 11.9. The van der Waals surface area contributed by atoms with Gasteiger partial charge in [-0.15, -0.1) is 12.4 Å². The second kappa shape index (κ2) is 12.9. The largest absolute Gasteiger partial charge is 0.480 e. The summed E-state index contributed by atoms with van der Waals surface area (Å²) in [5.74, 6) is -0.514. The number of hydrogen-bond acceptors (Lipinski definition) is 5. The number of aliphatic carboxylic acids is 1. The Hall–Kier alpha value is -1.80. The van der Waals surface area contributed by atoms with Crippen molar-refractivity contribution in [2.75, 3.05) is 31.6 Å². The van der Waals surface area contributed by atoms with Gasteiger partial charge in [-0.2, -0.15) is 11.8 Å². The Morgan fingerprint density at radius 3 is 2.74 bits per heavy atom. The van der Waals surface area contributed by atoms with E-state index in [4.69, 9.17) is 0 Å². The highest BCUT2D eigenvalue weighted by atomic mass is 35.5. The van der Waals surface area contributed by atoms with Gasteiger partial charge in [-0.3, -0.25) is 9.69 Å². The first-order chi connectivity index (χ1) is 14.6. The average Bonchev–Trinajstić information content (AvgIpc) is 3.24. The molecule has 1 aliphatic heterocycles. The van der Waals surface area contributed by atoms with Crippen LogP contribution in [0.3, 0.4) is 0 Å². The number of rotatable bonds is 11. The predicted octanol–water partition coefficient (Wildman–Crippen LogP) is 3.14. The molecule has 6 nitrogen and oxygen atoms in total. The summed E-state index contributed by atoms with van der Waals surface area (Å²) in [6.45, 7) is 2.61. The summed E-state index contributed by atoms with van der Waals surface area (Å²) >= 11 is 1.58. The number of carboxylic acids is 1. The lowest BCUT2D eigenvalue weighted by molar-refractivity contribution is -0.142. The van der Waals surface area contributed by atoms with Crippen molar-refractivity contribution in [3.05, 3.63) is 48.0 Å². The third kappa shape index (κ3) is 7.68. The number of amides is 1. The summed E-state index contributed by atoms with van der Waals surface area (Å²) < 4.78 is 0. The molecule has 0 spiro atoms. The predicted molar refractivity (Wildman–Crippen MR) is 130 cm³/mol. The van der Waals surface area contributed by atoms with Crippen LogP contribution in [0.1, 0.15) is 24.8 Å². The van der Waals surface area contributed by atoms with Crippen LogP contribution in [0.15, 0.2) is 42.5 Å². The molecule has 3 rings (SSSR count). The normalized spacial score (nSPS) is 16.8. The smallest absolute Gasteiger partial charge is 0.326 e. The Balaban J connectivity index is 0.00000341. The summed E-state index contributed by atoms with van der Waals surface area (Å²) in [4.78, 5) is 26.3. The van der Waals surface area contributed by atoms with E-state index in [9.17, 15) is 14.7 Å². The quantitative estimate of drug-likeness (QED) is 0.473. The van der Waals surface area contributed by atoms with Gasteiger partial charge in [0, 0.05) is 19.1 Å². The molecule has 170 valence electrons. The van der Waals surface area contributed by atoms with E-state index in [1.807, 2.05) is 24.5 Å². The number of benzene rings is 2. The Labute approximate surface area is 194 Å². The minimum atomic E-state index is -0.976. The van der Waals surface area contributed by atoms with E-state index in [1.54, 1.807) is 11.8 Å². The number of carbonyl (C=O) groups is 2. The molecule has 1 saturated heterocycles. The lowest BCUT2D eigenvalue weighted by Crippen LogP contribution is -2.47. The number of thioether (sulfide) groups is 1. The molecule has 0 radical (unpaired) electrons. The van der Waals surface area contributed by atoms with Gasteiger partial charge in [0.05, 0.1) is 6.54 Å². The van der Waals surface area contributed by atoms with E-state index in [0.717, 1.165) is 25.9 Å². The Morgan fingerprint density at radius 2 is 2.03 bits per heavy atom. The van der Waals surface area contributed by atoms with Crippen LogP contribution < -0.4 is 10.6 Å². The fourth-order valence-corrected chi connectivity index (χ4v) is 4.49. The topological polar surface area (TPSA) is 81.7 Å². The van der Waals surface area contributed by atoms with Gasteiger partial charge in [-0.1, -0.05) is 42.5 Å². The summed E-state index contributed by atoms with van der Waals surface area (Å²) in [7, 11) is 0. The van der Waals surface area contributed by atoms with Crippen molar-refractivity contribution in [1.82, 2.24) is 15.5 Å². The summed E-state index contributed by atoms with van der Waals surface area (Å²) in [5, 5.41) is 18.0. The first kappa shape index (κ1) is 25.5. The van der Waals surface area contributed by atoms with Crippen LogP contribution in [0.2, 0.25) is 0 Å². The molecule has 1 heterocycles. The minimum Gasteiger partial charge on any atom is -0.480 e. The number of halogens is 1. The van der Waals surface area contributed by atoms with Crippen LogP contribution in [-0.4, -0.2) is 65.6 Å². The van der Waals surface area contributed by atoms with Crippen molar-refractivity contribution in [2.45, 2.75) is 37.9 Å². The molecule has 8 heteroatoms. The summed E-state index contributed by atoms with van der Waals surface area (Å²) in [5.41, 5.74) is 1.18. The van der Waals surface area contributed by atoms with E-state index in [2.05, 4.69) is 39.8 Å². The van der Waals surface area contributed by atoms with Gasteiger partial charge in [0.15, 0.2) is 0 Å². The molecule has 2 atom stereocenters. The van der Waals surface area contributed by atoms with Crippen LogP contribution in [0, 0.1) is 0 Å². The molecule has 0 bridgehead atoms. The highest BCUT2D eigenvalue weighted by Crippen LogP contribution is 2.20. The van der Waals surface area contributed by atoms with Crippen LogP contribution in [0.25, 0.3) is 10.8 Å². The molecule has 2 aromatic rings. The van der Waals surface area contributed by atoms with Crippen LogP contribution in [0.5, 0.6) is 0 Å². The van der Waals surface area contributed by atoms with E-state index >= 15 is 0 Å². The number of nitrogens with zero attached hydrogens (tertiary/aromatic N) is 1. The zero-order valence-electron chi connectivity index (χ0n) is 17.9. The van der Waals surface area contributed by atoms with Crippen LogP contribution >= 0.6 is 24.2 Å². The maximum Gasteiger partial charge on any atom is 0.326 e. The number of hydrogen-bond donors (Lipinski definition) is 3. The SMILES string of the molecule is CSCC[C@H](NC(=O)CN(Cc1cccc2ccccc12)C[C@@H]1CCCN1)C(=O)O.Cl. The van der Waals surface area contributed by atoms with Crippen molar-refractivity contribution >= 4 is 46.8 Å². The molecule has 1 fully saturated rings. The Bertz CT molecular complexity index is 856. The Kier molecular flexibility index (Phi) is 10.6. The van der Waals surface area contributed by atoms with Gasteiger partial charge in [-0.05, 0) is 54.2 Å². The fourth-order valence-electron chi connectivity index (χ4n) is 4.02. The number of carboxylic acid groups (broad SMARTS) is 1.